The standard InChI is InChI=1S/C24H27F3N2O3S/c1-14(2)13-29-21-19(20(30)28(5)22(29)31)16(10-11-23(3,4)32)18(33-21)12-15-8-6-7-9-17(15)24(25,26)27/h6-11,14,32H,12-13H2,1-5H3/b11-10+. The van der Waals surface area contributed by atoms with Crippen molar-refractivity contribution in [1.29, 1.82) is 0 Å². The third-order valence-electron chi connectivity index (χ3n) is 5.16. The Hall–Kier alpha value is -2.65. The number of rotatable bonds is 6. The third-order valence-corrected chi connectivity index (χ3v) is 6.39. The van der Waals surface area contributed by atoms with E-state index in [-0.39, 0.29) is 23.3 Å². The average molecular weight is 481 g/mol. The molecule has 33 heavy (non-hydrogen) atoms. The summed E-state index contributed by atoms with van der Waals surface area (Å²) in [5.41, 5.74) is -2.43. The van der Waals surface area contributed by atoms with Gasteiger partial charge in [-0.25, -0.2) is 4.79 Å². The molecule has 0 unspecified atom stereocenters. The van der Waals surface area contributed by atoms with Crippen molar-refractivity contribution in [1.82, 2.24) is 9.13 Å². The van der Waals surface area contributed by atoms with Gasteiger partial charge < -0.3 is 5.11 Å². The van der Waals surface area contributed by atoms with Gasteiger partial charge >= 0.3 is 11.9 Å². The van der Waals surface area contributed by atoms with Crippen molar-refractivity contribution in [2.45, 2.75) is 52.4 Å². The summed E-state index contributed by atoms with van der Waals surface area (Å²) in [5, 5.41) is 10.5. The minimum absolute atomic E-state index is 0.0699. The van der Waals surface area contributed by atoms with Crippen LogP contribution in [0.15, 0.2) is 39.9 Å². The SMILES string of the molecule is CC(C)Cn1c(=O)n(C)c(=O)c2c(/C=C/C(C)(C)O)c(Cc3ccccc3C(F)(F)F)sc21. The number of thiophene rings is 1. The molecule has 178 valence electrons. The van der Waals surface area contributed by atoms with Crippen LogP contribution in [0.1, 0.15) is 49.3 Å². The highest BCUT2D eigenvalue weighted by Gasteiger charge is 2.33. The monoisotopic (exact) mass is 480 g/mol. The topological polar surface area (TPSA) is 64.2 Å². The van der Waals surface area contributed by atoms with Crippen LogP contribution in [0.4, 0.5) is 13.2 Å². The minimum atomic E-state index is -4.52. The molecule has 1 N–H and O–H groups in total. The molecular weight excluding hydrogens is 453 g/mol. The third kappa shape index (κ3) is 5.30. The Labute approximate surface area is 193 Å². The van der Waals surface area contributed by atoms with Crippen LogP contribution in [0.25, 0.3) is 16.3 Å². The maximum Gasteiger partial charge on any atom is 0.416 e. The first-order chi connectivity index (χ1) is 15.2. The maximum absolute atomic E-state index is 13.6. The van der Waals surface area contributed by atoms with E-state index in [1.807, 2.05) is 13.8 Å². The normalized spacial score (nSPS) is 13.0. The number of aromatic nitrogens is 2. The van der Waals surface area contributed by atoms with E-state index in [1.165, 1.54) is 35.9 Å². The summed E-state index contributed by atoms with van der Waals surface area (Å²) in [6, 6.07) is 5.32. The van der Waals surface area contributed by atoms with Gasteiger partial charge in [-0.15, -0.1) is 11.3 Å². The molecule has 1 aromatic carbocycles. The van der Waals surface area contributed by atoms with Crippen molar-refractivity contribution < 1.29 is 18.3 Å². The Kier molecular flexibility index (Phi) is 6.77. The van der Waals surface area contributed by atoms with Gasteiger partial charge in [0.1, 0.15) is 4.83 Å². The molecule has 0 atom stereocenters. The lowest BCUT2D eigenvalue weighted by Crippen LogP contribution is -2.38. The van der Waals surface area contributed by atoms with Crippen LogP contribution in [0.2, 0.25) is 0 Å². The summed E-state index contributed by atoms with van der Waals surface area (Å²) >= 11 is 1.14. The highest BCUT2D eigenvalue weighted by atomic mass is 32.1. The molecule has 0 amide bonds. The first-order valence-corrected chi connectivity index (χ1v) is 11.3. The number of fused-ring (bicyclic) bond motifs is 1. The lowest BCUT2D eigenvalue weighted by atomic mass is 10.00. The van der Waals surface area contributed by atoms with E-state index in [4.69, 9.17) is 0 Å². The molecule has 0 radical (unpaired) electrons. The van der Waals surface area contributed by atoms with Crippen LogP contribution >= 0.6 is 11.3 Å². The quantitative estimate of drug-likeness (QED) is 0.551. The molecule has 3 aromatic rings. The summed E-state index contributed by atoms with van der Waals surface area (Å²) in [7, 11) is 1.39. The van der Waals surface area contributed by atoms with Gasteiger partial charge in [-0.1, -0.05) is 44.2 Å². The lowest BCUT2D eigenvalue weighted by Gasteiger charge is -2.13. The summed E-state index contributed by atoms with van der Waals surface area (Å²) in [4.78, 5) is 26.9. The van der Waals surface area contributed by atoms with Crippen LogP contribution in [0.3, 0.4) is 0 Å². The van der Waals surface area contributed by atoms with Gasteiger partial charge in [0, 0.05) is 30.5 Å². The van der Waals surface area contributed by atoms with Crippen molar-refractivity contribution in [3.63, 3.8) is 0 Å². The van der Waals surface area contributed by atoms with E-state index >= 15 is 0 Å². The second-order valence-electron chi connectivity index (χ2n) is 9.09. The molecule has 0 bridgehead atoms. The number of halogens is 3. The number of nitrogens with zero attached hydrogens (tertiary/aromatic N) is 2. The molecule has 9 heteroatoms. The molecule has 5 nitrogen and oxygen atoms in total. The van der Waals surface area contributed by atoms with E-state index in [2.05, 4.69) is 0 Å². The van der Waals surface area contributed by atoms with Gasteiger partial charge in [0.2, 0.25) is 0 Å². The van der Waals surface area contributed by atoms with E-state index < -0.39 is 28.6 Å². The molecule has 0 spiro atoms. The molecule has 3 rings (SSSR count). The predicted molar refractivity (Wildman–Crippen MR) is 126 cm³/mol. The number of aliphatic hydroxyl groups is 1. The van der Waals surface area contributed by atoms with Crippen molar-refractivity contribution in [2.75, 3.05) is 0 Å². The van der Waals surface area contributed by atoms with Gasteiger partial charge in [-0.2, -0.15) is 13.2 Å². The summed E-state index contributed by atoms with van der Waals surface area (Å²) < 4.78 is 43.3. The van der Waals surface area contributed by atoms with Gasteiger partial charge in [-0.3, -0.25) is 13.9 Å². The second-order valence-corrected chi connectivity index (χ2v) is 10.2. The first-order valence-electron chi connectivity index (χ1n) is 10.5. The molecule has 0 fully saturated rings. The molecule has 0 saturated carbocycles. The van der Waals surface area contributed by atoms with Crippen LogP contribution in [-0.2, 0) is 26.2 Å². The van der Waals surface area contributed by atoms with E-state index in [0.29, 0.717) is 21.8 Å². The Bertz CT molecular complexity index is 1320. The Balaban J connectivity index is 2.36. The zero-order valence-corrected chi connectivity index (χ0v) is 20.0. The smallest absolute Gasteiger partial charge is 0.386 e. The van der Waals surface area contributed by atoms with Gasteiger partial charge in [-0.05, 0) is 31.4 Å². The van der Waals surface area contributed by atoms with Crippen LogP contribution in [0, 0.1) is 5.92 Å². The van der Waals surface area contributed by atoms with E-state index in [9.17, 15) is 27.9 Å². The summed E-state index contributed by atoms with van der Waals surface area (Å²) in [6.07, 6.45) is -1.53. The van der Waals surface area contributed by atoms with E-state index in [0.717, 1.165) is 22.0 Å². The zero-order valence-electron chi connectivity index (χ0n) is 19.2. The fourth-order valence-electron chi connectivity index (χ4n) is 3.64. The Morgan fingerprint density at radius 2 is 1.79 bits per heavy atom. The maximum atomic E-state index is 13.6. The van der Waals surface area contributed by atoms with Crippen molar-refractivity contribution >= 4 is 27.6 Å². The minimum Gasteiger partial charge on any atom is -0.386 e. The average Bonchev–Trinajstić information content (AvgIpc) is 3.05. The van der Waals surface area contributed by atoms with Crippen molar-refractivity contribution in [2.24, 2.45) is 13.0 Å². The van der Waals surface area contributed by atoms with E-state index in [1.54, 1.807) is 19.9 Å². The number of hydrogen-bond donors (Lipinski definition) is 1. The molecule has 0 aliphatic carbocycles. The fraction of sp³-hybridized carbons (Fsp3) is 0.417. The predicted octanol–water partition coefficient (Wildman–Crippen LogP) is 4.81. The summed E-state index contributed by atoms with van der Waals surface area (Å²) in [5.74, 6) is 0.107. The highest BCUT2D eigenvalue weighted by Crippen LogP contribution is 2.37. The second kappa shape index (κ2) is 8.95. The summed E-state index contributed by atoms with van der Waals surface area (Å²) in [6.45, 7) is 7.35. The lowest BCUT2D eigenvalue weighted by molar-refractivity contribution is -0.138. The van der Waals surface area contributed by atoms with Crippen LogP contribution < -0.4 is 11.2 Å². The Morgan fingerprint density at radius 1 is 1.15 bits per heavy atom. The van der Waals surface area contributed by atoms with Crippen LogP contribution in [-0.4, -0.2) is 19.8 Å². The van der Waals surface area contributed by atoms with Gasteiger partial charge in [0.15, 0.2) is 0 Å². The van der Waals surface area contributed by atoms with Gasteiger partial charge in [0.05, 0.1) is 16.6 Å². The molecule has 2 aromatic heterocycles. The molecular formula is C24H27F3N2O3S. The van der Waals surface area contributed by atoms with Gasteiger partial charge in [0.25, 0.3) is 5.56 Å². The molecule has 0 saturated heterocycles. The van der Waals surface area contributed by atoms with Crippen molar-refractivity contribution in [3.8, 4) is 0 Å². The fourth-order valence-corrected chi connectivity index (χ4v) is 4.94. The number of alkyl halides is 3. The molecule has 0 aliphatic rings. The zero-order chi connectivity index (χ0) is 24.7. The van der Waals surface area contributed by atoms with Crippen molar-refractivity contribution in [3.05, 3.63) is 72.7 Å². The molecule has 2 heterocycles. The number of benzene rings is 1. The first kappa shape index (κ1) is 25.0. The van der Waals surface area contributed by atoms with Crippen LogP contribution in [0.5, 0.6) is 0 Å². The Morgan fingerprint density at radius 3 is 2.36 bits per heavy atom. The number of hydrogen-bond acceptors (Lipinski definition) is 4. The highest BCUT2D eigenvalue weighted by molar-refractivity contribution is 7.19. The molecule has 0 aliphatic heterocycles. The largest absolute Gasteiger partial charge is 0.416 e.